The fourth-order valence-electron chi connectivity index (χ4n) is 3.91. The summed E-state index contributed by atoms with van der Waals surface area (Å²) in [7, 11) is 0. The predicted molar refractivity (Wildman–Crippen MR) is 96.4 cm³/mol. The molecule has 0 saturated carbocycles. The van der Waals surface area contributed by atoms with E-state index in [9.17, 15) is 14.4 Å². The Labute approximate surface area is 155 Å². The summed E-state index contributed by atoms with van der Waals surface area (Å²) in [4.78, 5) is 39.1. The van der Waals surface area contributed by atoms with Crippen LogP contribution >= 0.6 is 12.4 Å². The average Bonchev–Trinajstić information content (AvgIpc) is 3.22. The van der Waals surface area contributed by atoms with Crippen LogP contribution in [0, 0.1) is 5.92 Å². The van der Waals surface area contributed by atoms with Crippen LogP contribution < -0.4 is 10.6 Å². The van der Waals surface area contributed by atoms with Gasteiger partial charge in [-0.25, -0.2) is 0 Å². The van der Waals surface area contributed by atoms with E-state index in [2.05, 4.69) is 15.5 Å². The van der Waals surface area contributed by atoms with Crippen molar-refractivity contribution in [1.29, 1.82) is 0 Å². The van der Waals surface area contributed by atoms with E-state index in [4.69, 9.17) is 0 Å². The summed E-state index contributed by atoms with van der Waals surface area (Å²) >= 11 is 0. The van der Waals surface area contributed by atoms with Crippen molar-refractivity contribution in [2.75, 3.05) is 39.3 Å². The molecule has 0 spiro atoms. The van der Waals surface area contributed by atoms with Crippen molar-refractivity contribution < 1.29 is 14.4 Å². The molecule has 0 radical (unpaired) electrons. The van der Waals surface area contributed by atoms with Crippen LogP contribution in [0.4, 0.5) is 0 Å². The highest BCUT2D eigenvalue weighted by molar-refractivity contribution is 6.01. The summed E-state index contributed by atoms with van der Waals surface area (Å²) in [5, 5.41) is 6.30. The highest BCUT2D eigenvalue weighted by atomic mass is 35.5. The van der Waals surface area contributed by atoms with Gasteiger partial charge in [0.15, 0.2) is 0 Å². The molecule has 3 amide bonds. The number of carbonyl (C=O) groups excluding carboxylic acids is 3. The summed E-state index contributed by atoms with van der Waals surface area (Å²) in [6.07, 6.45) is 4.95. The number of likely N-dealkylation sites (tertiary alicyclic amines) is 2. The molecule has 3 saturated heterocycles. The highest BCUT2D eigenvalue weighted by Gasteiger charge is 2.30. The Kier molecular flexibility index (Phi) is 7.65. The number of hydrogen-bond donors (Lipinski definition) is 2. The van der Waals surface area contributed by atoms with Gasteiger partial charge in [-0.15, -0.1) is 12.4 Å². The molecule has 3 rings (SSSR count). The van der Waals surface area contributed by atoms with Gasteiger partial charge in [0.2, 0.25) is 17.7 Å². The number of piperidine rings is 1. The van der Waals surface area contributed by atoms with Gasteiger partial charge in [-0.1, -0.05) is 0 Å². The third-order valence-corrected chi connectivity index (χ3v) is 5.34. The van der Waals surface area contributed by atoms with Gasteiger partial charge >= 0.3 is 0 Å². The average molecular weight is 373 g/mol. The fraction of sp³-hybridized carbons (Fsp3) is 0.824. The maximum Gasteiger partial charge on any atom is 0.237 e. The Morgan fingerprint density at radius 3 is 2.56 bits per heavy atom. The second-order valence-electron chi connectivity index (χ2n) is 7.14. The van der Waals surface area contributed by atoms with Gasteiger partial charge in [-0.2, -0.15) is 0 Å². The summed E-state index contributed by atoms with van der Waals surface area (Å²) in [6, 6.07) is -0.0168. The van der Waals surface area contributed by atoms with E-state index in [1.54, 1.807) is 0 Å². The van der Waals surface area contributed by atoms with Crippen LogP contribution in [0.2, 0.25) is 0 Å². The van der Waals surface area contributed by atoms with Gasteiger partial charge in [0.05, 0.1) is 6.04 Å². The van der Waals surface area contributed by atoms with E-state index in [0.717, 1.165) is 58.4 Å². The quantitative estimate of drug-likeness (QED) is 0.648. The molecule has 0 aliphatic carbocycles. The van der Waals surface area contributed by atoms with Crippen molar-refractivity contribution in [3.63, 3.8) is 0 Å². The second kappa shape index (κ2) is 9.50. The fourth-order valence-corrected chi connectivity index (χ4v) is 3.91. The molecule has 0 aromatic heterocycles. The van der Waals surface area contributed by atoms with E-state index in [1.165, 1.54) is 4.90 Å². The number of imide groups is 1. The molecule has 25 heavy (non-hydrogen) atoms. The number of amides is 3. The number of halogens is 1. The van der Waals surface area contributed by atoms with E-state index < -0.39 is 0 Å². The maximum atomic E-state index is 12.1. The lowest BCUT2D eigenvalue weighted by Crippen LogP contribution is -2.47. The van der Waals surface area contributed by atoms with E-state index >= 15 is 0 Å². The molecule has 7 nitrogen and oxygen atoms in total. The summed E-state index contributed by atoms with van der Waals surface area (Å²) in [5.41, 5.74) is 0. The van der Waals surface area contributed by atoms with Crippen molar-refractivity contribution in [2.24, 2.45) is 5.92 Å². The van der Waals surface area contributed by atoms with Gasteiger partial charge in [0.1, 0.15) is 0 Å². The highest BCUT2D eigenvalue weighted by Crippen LogP contribution is 2.17. The van der Waals surface area contributed by atoms with Crippen molar-refractivity contribution in [2.45, 2.75) is 44.6 Å². The molecule has 142 valence electrons. The van der Waals surface area contributed by atoms with Crippen LogP contribution in [0.15, 0.2) is 0 Å². The van der Waals surface area contributed by atoms with Crippen molar-refractivity contribution in [3.8, 4) is 0 Å². The molecule has 0 bridgehead atoms. The van der Waals surface area contributed by atoms with Gasteiger partial charge in [0, 0.05) is 39.0 Å². The number of hydrogen-bond acceptors (Lipinski definition) is 5. The van der Waals surface area contributed by atoms with Crippen LogP contribution in [0.1, 0.15) is 38.5 Å². The van der Waals surface area contributed by atoms with Gasteiger partial charge < -0.3 is 15.5 Å². The lowest BCUT2D eigenvalue weighted by Gasteiger charge is -2.33. The maximum absolute atomic E-state index is 12.1. The van der Waals surface area contributed by atoms with Crippen molar-refractivity contribution in [3.05, 3.63) is 0 Å². The zero-order valence-corrected chi connectivity index (χ0v) is 15.5. The number of nitrogens with zero attached hydrogens (tertiary/aromatic N) is 2. The Morgan fingerprint density at radius 2 is 1.88 bits per heavy atom. The third kappa shape index (κ3) is 5.39. The largest absolute Gasteiger partial charge is 0.354 e. The smallest absolute Gasteiger partial charge is 0.237 e. The number of nitrogens with one attached hydrogen (secondary N) is 2. The third-order valence-electron chi connectivity index (χ3n) is 5.34. The zero-order chi connectivity index (χ0) is 16.9. The molecule has 2 atom stereocenters. The molecule has 3 aliphatic heterocycles. The monoisotopic (exact) mass is 372 g/mol. The van der Waals surface area contributed by atoms with Gasteiger partial charge in [0.25, 0.3) is 0 Å². The molecular weight excluding hydrogens is 344 g/mol. The minimum atomic E-state index is -0.0371. The minimum Gasteiger partial charge on any atom is -0.354 e. The number of carbonyl (C=O) groups is 3. The van der Waals surface area contributed by atoms with Crippen LogP contribution in [-0.2, 0) is 14.4 Å². The minimum absolute atomic E-state index is 0. The first-order valence-electron chi connectivity index (χ1n) is 9.20. The second-order valence-corrected chi connectivity index (χ2v) is 7.14. The molecular formula is C17H29ClN4O3. The standard InChI is InChI=1S/C17H28N4O3.ClH/c22-15-5-6-16(23)21(15)10-9-20-8-2-3-13(12-20)11-19-17(24)14-4-1-7-18-14;/h13-14,18H,1-12H2,(H,19,24);1H. The first kappa shape index (κ1) is 20.1. The van der Waals surface area contributed by atoms with Gasteiger partial charge in [-0.3, -0.25) is 19.3 Å². The Balaban J connectivity index is 0.00000225. The Bertz CT molecular complexity index is 480. The molecule has 2 N–H and O–H groups in total. The topological polar surface area (TPSA) is 81.8 Å². The molecule has 3 fully saturated rings. The van der Waals surface area contributed by atoms with Crippen molar-refractivity contribution >= 4 is 30.1 Å². The first-order chi connectivity index (χ1) is 11.6. The lowest BCUT2D eigenvalue weighted by atomic mass is 9.98. The Morgan fingerprint density at radius 1 is 1.12 bits per heavy atom. The first-order valence-corrected chi connectivity index (χ1v) is 9.20. The van der Waals surface area contributed by atoms with E-state index in [1.807, 2.05) is 0 Å². The van der Waals surface area contributed by atoms with E-state index in [-0.39, 0.29) is 36.2 Å². The molecule has 8 heteroatoms. The molecule has 0 aromatic rings. The molecule has 3 aliphatic rings. The Hall–Kier alpha value is -1.18. The normalized spacial score (nSPS) is 27.4. The lowest BCUT2D eigenvalue weighted by molar-refractivity contribution is -0.138. The summed E-state index contributed by atoms with van der Waals surface area (Å²) < 4.78 is 0. The molecule has 2 unspecified atom stereocenters. The summed E-state index contributed by atoms with van der Waals surface area (Å²) in [6.45, 7) is 4.83. The number of rotatable bonds is 6. The molecule has 3 heterocycles. The van der Waals surface area contributed by atoms with Crippen LogP contribution in [0.3, 0.4) is 0 Å². The SMILES string of the molecule is Cl.O=C(NCC1CCCN(CCN2C(=O)CCC2=O)C1)C1CCCN1. The van der Waals surface area contributed by atoms with Gasteiger partial charge in [-0.05, 0) is 44.7 Å². The molecule has 0 aromatic carbocycles. The van der Waals surface area contributed by atoms with Crippen LogP contribution in [0.5, 0.6) is 0 Å². The van der Waals surface area contributed by atoms with Crippen LogP contribution in [0.25, 0.3) is 0 Å². The zero-order valence-electron chi connectivity index (χ0n) is 14.7. The van der Waals surface area contributed by atoms with E-state index in [0.29, 0.717) is 25.3 Å². The predicted octanol–water partition coefficient (Wildman–Crippen LogP) is 0.137. The summed E-state index contributed by atoms with van der Waals surface area (Å²) in [5.74, 6) is 0.502. The van der Waals surface area contributed by atoms with Crippen LogP contribution in [-0.4, -0.2) is 72.8 Å². The van der Waals surface area contributed by atoms with Crippen molar-refractivity contribution in [1.82, 2.24) is 20.4 Å².